The average molecular weight is 363 g/mol. The number of fused-ring (bicyclic) bond motifs is 1. The van der Waals surface area contributed by atoms with Crippen molar-refractivity contribution in [2.75, 3.05) is 31.8 Å². The number of nitrogens with one attached hydrogen (secondary N) is 1. The third-order valence-electron chi connectivity index (χ3n) is 4.15. The van der Waals surface area contributed by atoms with Gasteiger partial charge in [0.15, 0.2) is 0 Å². The summed E-state index contributed by atoms with van der Waals surface area (Å²) in [5.41, 5.74) is 1.79. The first kappa shape index (κ1) is 17.6. The minimum Gasteiger partial charge on any atom is -0.363 e. The van der Waals surface area contributed by atoms with E-state index < -0.39 is 9.84 Å². The molecule has 0 atom stereocenters. The summed E-state index contributed by atoms with van der Waals surface area (Å²) in [6, 6.07) is 3.98. The van der Waals surface area contributed by atoms with Crippen LogP contribution in [-0.4, -0.2) is 55.2 Å². The number of rotatable bonds is 4. The zero-order valence-electron chi connectivity index (χ0n) is 14.5. The molecule has 2 aromatic rings. The lowest BCUT2D eigenvalue weighted by molar-refractivity contribution is 0.240. The molecule has 1 aliphatic heterocycles. The molecule has 8 nitrogen and oxygen atoms in total. The van der Waals surface area contributed by atoms with Gasteiger partial charge in [-0.2, -0.15) is 0 Å². The molecule has 25 heavy (non-hydrogen) atoms. The predicted octanol–water partition coefficient (Wildman–Crippen LogP) is 0.193. The molecule has 0 amide bonds. The largest absolute Gasteiger partial charge is 0.363 e. The molecule has 3 heterocycles. The summed E-state index contributed by atoms with van der Waals surface area (Å²) in [4.78, 5) is 27.2. The monoisotopic (exact) mass is 363 g/mol. The number of aromatic nitrogens is 3. The smallest absolute Gasteiger partial charge is 0.256 e. The second kappa shape index (κ2) is 6.57. The van der Waals surface area contributed by atoms with E-state index in [9.17, 15) is 13.2 Å². The van der Waals surface area contributed by atoms with E-state index >= 15 is 0 Å². The van der Waals surface area contributed by atoms with Crippen LogP contribution in [0.3, 0.4) is 0 Å². The molecule has 3 rings (SSSR count). The van der Waals surface area contributed by atoms with Gasteiger partial charge in [0.1, 0.15) is 5.82 Å². The van der Waals surface area contributed by atoms with Crippen molar-refractivity contribution in [2.24, 2.45) is 0 Å². The van der Waals surface area contributed by atoms with Crippen LogP contribution < -0.4 is 10.5 Å². The fourth-order valence-electron chi connectivity index (χ4n) is 2.80. The van der Waals surface area contributed by atoms with Crippen molar-refractivity contribution in [3.8, 4) is 0 Å². The van der Waals surface area contributed by atoms with Crippen LogP contribution in [0.5, 0.6) is 0 Å². The summed E-state index contributed by atoms with van der Waals surface area (Å²) in [5.74, 6) is 0.890. The van der Waals surface area contributed by atoms with Gasteiger partial charge in [-0.1, -0.05) is 6.07 Å². The number of H-pyrrole nitrogens is 1. The van der Waals surface area contributed by atoms with E-state index in [1.54, 1.807) is 0 Å². The molecule has 134 valence electrons. The van der Waals surface area contributed by atoms with Crippen LogP contribution in [0.2, 0.25) is 0 Å². The Bertz CT molecular complexity index is 935. The van der Waals surface area contributed by atoms with E-state index in [1.165, 1.54) is 0 Å². The summed E-state index contributed by atoms with van der Waals surface area (Å²) >= 11 is 0. The zero-order chi connectivity index (χ0) is 18.2. The normalized spacial score (nSPS) is 15.0. The number of aromatic amines is 1. The zero-order valence-corrected chi connectivity index (χ0v) is 15.3. The molecule has 0 spiro atoms. The van der Waals surface area contributed by atoms with Crippen LogP contribution in [0.1, 0.15) is 16.8 Å². The van der Waals surface area contributed by atoms with Gasteiger partial charge in [-0.05, 0) is 11.6 Å². The van der Waals surface area contributed by atoms with E-state index in [0.29, 0.717) is 37.3 Å². The number of anilines is 1. The van der Waals surface area contributed by atoms with Gasteiger partial charge in [-0.3, -0.25) is 14.7 Å². The lowest BCUT2D eigenvalue weighted by Crippen LogP contribution is -2.36. The van der Waals surface area contributed by atoms with Gasteiger partial charge in [0.2, 0.25) is 15.0 Å². The molecule has 0 saturated heterocycles. The van der Waals surface area contributed by atoms with Crippen LogP contribution in [0, 0.1) is 0 Å². The Morgan fingerprint density at radius 2 is 2.08 bits per heavy atom. The Morgan fingerprint density at radius 3 is 2.68 bits per heavy atom. The van der Waals surface area contributed by atoms with Crippen molar-refractivity contribution in [2.45, 2.75) is 24.7 Å². The van der Waals surface area contributed by atoms with Gasteiger partial charge >= 0.3 is 0 Å². The molecular formula is C16H21N5O3S. The molecule has 0 unspecified atom stereocenters. The molecule has 0 aromatic carbocycles. The number of nitrogens with zero attached hydrogens (tertiary/aromatic N) is 4. The summed E-state index contributed by atoms with van der Waals surface area (Å²) in [6.45, 7) is 1.83. The highest BCUT2D eigenvalue weighted by molar-refractivity contribution is 7.90. The molecule has 0 radical (unpaired) electrons. The van der Waals surface area contributed by atoms with Gasteiger partial charge in [-0.15, -0.1) is 0 Å². The maximum Gasteiger partial charge on any atom is 0.256 e. The number of sulfone groups is 1. The van der Waals surface area contributed by atoms with Crippen LogP contribution >= 0.6 is 0 Å². The lowest BCUT2D eigenvalue weighted by atomic mass is 10.1. The minimum absolute atomic E-state index is 0.256. The van der Waals surface area contributed by atoms with Gasteiger partial charge < -0.3 is 4.90 Å². The molecule has 0 fully saturated rings. The Balaban J connectivity index is 1.78. The molecule has 0 aliphatic carbocycles. The van der Waals surface area contributed by atoms with Gasteiger partial charge in [0.05, 0.1) is 11.3 Å². The lowest BCUT2D eigenvalue weighted by Gasteiger charge is -2.27. The van der Waals surface area contributed by atoms with Crippen LogP contribution in [0.25, 0.3) is 0 Å². The van der Waals surface area contributed by atoms with Gasteiger partial charge in [0.25, 0.3) is 5.56 Å². The highest BCUT2D eigenvalue weighted by Crippen LogP contribution is 2.18. The third kappa shape index (κ3) is 3.88. The van der Waals surface area contributed by atoms with Gasteiger partial charge in [-0.25, -0.2) is 18.4 Å². The first-order chi connectivity index (χ1) is 11.7. The van der Waals surface area contributed by atoms with E-state index in [2.05, 4.69) is 19.9 Å². The Morgan fingerprint density at radius 1 is 1.32 bits per heavy atom. The first-order valence-corrected chi connectivity index (χ1v) is 9.80. The Hall–Kier alpha value is -2.26. The first-order valence-electron chi connectivity index (χ1n) is 7.91. The Kier molecular flexibility index (Phi) is 4.61. The number of pyridine rings is 1. The van der Waals surface area contributed by atoms with Crippen molar-refractivity contribution in [1.82, 2.24) is 19.9 Å². The topological polar surface area (TPSA) is 99.3 Å². The Labute approximate surface area is 146 Å². The summed E-state index contributed by atoms with van der Waals surface area (Å²) in [5, 5.41) is -0.256. The molecule has 9 heteroatoms. The van der Waals surface area contributed by atoms with E-state index in [4.69, 9.17) is 0 Å². The highest BCUT2D eigenvalue weighted by atomic mass is 32.2. The third-order valence-corrected chi connectivity index (χ3v) is 5.05. The summed E-state index contributed by atoms with van der Waals surface area (Å²) < 4.78 is 23.2. The SMILES string of the molecule is CN(C)c1ccc(CN2CCc3nc(S(C)(=O)=O)[nH]c(=O)c3C2)cn1. The standard InChI is InChI=1S/C16H21N5O3S/c1-20(2)14-5-4-11(8-17-14)9-21-7-6-13-12(10-21)15(22)19-16(18-13)25(3,23)24/h4-5,8H,6-7,9-10H2,1-3H3,(H,18,19,22). The van der Waals surface area contributed by atoms with Crippen molar-refractivity contribution < 1.29 is 8.42 Å². The number of hydrogen-bond acceptors (Lipinski definition) is 7. The molecule has 2 aromatic heterocycles. The summed E-state index contributed by atoms with van der Waals surface area (Å²) in [6.07, 6.45) is 3.42. The summed E-state index contributed by atoms with van der Waals surface area (Å²) in [7, 11) is 0.352. The van der Waals surface area contributed by atoms with Gasteiger partial charge in [0, 0.05) is 52.6 Å². The highest BCUT2D eigenvalue weighted by Gasteiger charge is 2.23. The fourth-order valence-corrected chi connectivity index (χ4v) is 3.36. The molecule has 0 saturated carbocycles. The van der Waals surface area contributed by atoms with Crippen LogP contribution in [0.15, 0.2) is 28.3 Å². The quantitative estimate of drug-likeness (QED) is 0.774. The second-order valence-electron chi connectivity index (χ2n) is 6.45. The van der Waals surface area contributed by atoms with Crippen molar-refractivity contribution in [3.05, 3.63) is 45.5 Å². The average Bonchev–Trinajstić information content (AvgIpc) is 2.55. The van der Waals surface area contributed by atoms with E-state index in [0.717, 1.165) is 17.6 Å². The van der Waals surface area contributed by atoms with E-state index in [1.807, 2.05) is 37.3 Å². The molecule has 1 aliphatic rings. The number of hydrogen-bond donors (Lipinski definition) is 1. The van der Waals surface area contributed by atoms with E-state index in [-0.39, 0.29) is 10.7 Å². The van der Waals surface area contributed by atoms with Crippen LogP contribution in [-0.2, 0) is 29.3 Å². The van der Waals surface area contributed by atoms with Crippen LogP contribution in [0.4, 0.5) is 5.82 Å². The molecule has 0 bridgehead atoms. The molecule has 1 N–H and O–H groups in total. The van der Waals surface area contributed by atoms with Crippen molar-refractivity contribution in [3.63, 3.8) is 0 Å². The predicted molar refractivity (Wildman–Crippen MR) is 94.3 cm³/mol. The van der Waals surface area contributed by atoms with Crippen molar-refractivity contribution >= 4 is 15.7 Å². The second-order valence-corrected chi connectivity index (χ2v) is 8.38. The minimum atomic E-state index is -3.52. The molecular weight excluding hydrogens is 342 g/mol. The van der Waals surface area contributed by atoms with Crippen molar-refractivity contribution in [1.29, 1.82) is 0 Å². The maximum atomic E-state index is 12.2. The maximum absolute atomic E-state index is 12.2. The fraction of sp³-hybridized carbons (Fsp3) is 0.438.